The zero-order chi connectivity index (χ0) is 14.1. The Kier molecular flexibility index (Phi) is 3.57. The van der Waals surface area contributed by atoms with Crippen molar-refractivity contribution in [2.45, 2.75) is 39.3 Å². The smallest absolute Gasteiger partial charge is 0.150 e. The summed E-state index contributed by atoms with van der Waals surface area (Å²) in [5.41, 5.74) is 3.32. The monoisotopic (exact) mass is 274 g/mol. The molecule has 0 saturated carbocycles. The fourth-order valence-corrected chi connectivity index (χ4v) is 2.85. The molecule has 0 saturated heterocycles. The molecule has 106 valence electrons. The fraction of sp³-hybridized carbons (Fsp3) is 0.438. The van der Waals surface area contributed by atoms with Crippen LogP contribution in [0.1, 0.15) is 42.5 Å². The van der Waals surface area contributed by atoms with Gasteiger partial charge >= 0.3 is 0 Å². The number of hydrogen-bond acceptors (Lipinski definition) is 3. The van der Waals surface area contributed by atoms with Gasteiger partial charge in [0.05, 0.1) is 12.2 Å². The predicted molar refractivity (Wildman–Crippen MR) is 74.8 cm³/mol. The molecule has 0 amide bonds. The molecule has 0 aliphatic carbocycles. The number of halogens is 1. The van der Waals surface area contributed by atoms with Gasteiger partial charge in [0.2, 0.25) is 0 Å². The average Bonchev–Trinajstić information content (AvgIpc) is 2.90. The van der Waals surface area contributed by atoms with Gasteiger partial charge in [-0.2, -0.15) is 0 Å². The molecule has 0 fully saturated rings. The van der Waals surface area contributed by atoms with E-state index >= 15 is 0 Å². The molecule has 1 aliphatic heterocycles. The van der Waals surface area contributed by atoms with Crippen LogP contribution in [0.5, 0.6) is 0 Å². The highest BCUT2D eigenvalue weighted by molar-refractivity contribution is 5.32. The van der Waals surface area contributed by atoms with Crippen molar-refractivity contribution < 1.29 is 8.91 Å². The van der Waals surface area contributed by atoms with Gasteiger partial charge in [-0.15, -0.1) is 0 Å². The van der Waals surface area contributed by atoms with Gasteiger partial charge in [-0.05, 0) is 43.0 Å². The van der Waals surface area contributed by atoms with E-state index in [1.807, 2.05) is 12.1 Å². The Morgan fingerprint density at radius 3 is 3.00 bits per heavy atom. The third-order valence-corrected chi connectivity index (χ3v) is 4.10. The van der Waals surface area contributed by atoms with Crippen molar-refractivity contribution in [3.8, 4) is 0 Å². The molecule has 3 rings (SSSR count). The lowest BCUT2D eigenvalue weighted by Gasteiger charge is -2.34. The Morgan fingerprint density at radius 2 is 2.25 bits per heavy atom. The van der Waals surface area contributed by atoms with Crippen LogP contribution in [0.4, 0.5) is 4.39 Å². The minimum absolute atomic E-state index is 0.162. The van der Waals surface area contributed by atoms with Crippen molar-refractivity contribution in [3.63, 3.8) is 0 Å². The molecule has 2 heterocycles. The maximum absolute atomic E-state index is 13.4. The third-order valence-electron chi connectivity index (χ3n) is 4.10. The molecule has 0 bridgehead atoms. The normalized spacial score (nSPS) is 19.1. The number of rotatable bonds is 3. The summed E-state index contributed by atoms with van der Waals surface area (Å²) in [7, 11) is 0. The van der Waals surface area contributed by atoms with Crippen molar-refractivity contribution in [1.82, 2.24) is 10.1 Å². The molecule has 1 unspecified atom stereocenters. The summed E-state index contributed by atoms with van der Waals surface area (Å²) in [6.45, 7) is 5.87. The van der Waals surface area contributed by atoms with Crippen LogP contribution < -0.4 is 0 Å². The fourth-order valence-electron chi connectivity index (χ4n) is 2.85. The zero-order valence-corrected chi connectivity index (χ0v) is 11.9. The Hall–Kier alpha value is -1.68. The molecule has 2 aromatic rings. The number of aryl methyl sites for hydroxylation is 1. The van der Waals surface area contributed by atoms with Gasteiger partial charge in [0, 0.05) is 18.7 Å². The summed E-state index contributed by atoms with van der Waals surface area (Å²) in [4.78, 5) is 2.31. The summed E-state index contributed by atoms with van der Waals surface area (Å²) < 4.78 is 18.8. The summed E-state index contributed by atoms with van der Waals surface area (Å²) in [6, 6.07) is 7.31. The van der Waals surface area contributed by atoms with E-state index in [2.05, 4.69) is 23.9 Å². The van der Waals surface area contributed by atoms with Crippen LogP contribution in [0.25, 0.3) is 0 Å². The van der Waals surface area contributed by atoms with Gasteiger partial charge in [0.25, 0.3) is 0 Å². The number of benzene rings is 1. The quantitative estimate of drug-likeness (QED) is 0.858. The second-order valence-electron chi connectivity index (χ2n) is 5.38. The maximum Gasteiger partial charge on any atom is 0.150 e. The first-order valence-corrected chi connectivity index (χ1v) is 7.14. The second kappa shape index (κ2) is 5.37. The van der Waals surface area contributed by atoms with Crippen LogP contribution in [0.3, 0.4) is 0 Å². The van der Waals surface area contributed by atoms with Crippen LogP contribution in [0.2, 0.25) is 0 Å². The molecular weight excluding hydrogens is 255 g/mol. The van der Waals surface area contributed by atoms with Gasteiger partial charge in [-0.1, -0.05) is 18.1 Å². The van der Waals surface area contributed by atoms with Crippen molar-refractivity contribution in [2.24, 2.45) is 0 Å². The van der Waals surface area contributed by atoms with E-state index in [1.165, 1.54) is 5.56 Å². The molecule has 1 atom stereocenters. The van der Waals surface area contributed by atoms with Gasteiger partial charge in [-0.3, -0.25) is 4.90 Å². The highest BCUT2D eigenvalue weighted by atomic mass is 19.1. The number of nitrogens with zero attached hydrogens (tertiary/aromatic N) is 2. The molecule has 4 heteroatoms. The lowest BCUT2D eigenvalue weighted by atomic mass is 9.93. The lowest BCUT2D eigenvalue weighted by molar-refractivity contribution is 0.168. The Morgan fingerprint density at radius 1 is 1.40 bits per heavy atom. The highest BCUT2D eigenvalue weighted by Crippen LogP contribution is 2.31. The Balaban J connectivity index is 1.79. The number of fused-ring (bicyclic) bond motifs is 1. The molecule has 1 aliphatic rings. The number of aromatic nitrogens is 1. The van der Waals surface area contributed by atoms with Gasteiger partial charge in [0.1, 0.15) is 5.82 Å². The van der Waals surface area contributed by atoms with E-state index in [1.54, 1.807) is 12.1 Å². The Labute approximate surface area is 118 Å². The molecule has 3 nitrogen and oxygen atoms in total. The first kappa shape index (κ1) is 13.3. The lowest BCUT2D eigenvalue weighted by Crippen LogP contribution is -2.33. The zero-order valence-electron chi connectivity index (χ0n) is 11.9. The minimum Gasteiger partial charge on any atom is -0.360 e. The van der Waals surface area contributed by atoms with E-state index < -0.39 is 0 Å². The first-order chi connectivity index (χ1) is 9.67. The maximum atomic E-state index is 13.4. The van der Waals surface area contributed by atoms with E-state index in [9.17, 15) is 4.39 Å². The van der Waals surface area contributed by atoms with Crippen LogP contribution in [-0.4, -0.2) is 16.6 Å². The first-order valence-electron chi connectivity index (χ1n) is 7.14. The van der Waals surface area contributed by atoms with E-state index in [4.69, 9.17) is 4.52 Å². The number of hydrogen-bond donors (Lipinski definition) is 0. The minimum atomic E-state index is -0.162. The molecule has 0 radical (unpaired) electrons. The summed E-state index contributed by atoms with van der Waals surface area (Å²) in [5, 5.41) is 4.02. The second-order valence-corrected chi connectivity index (χ2v) is 5.38. The molecule has 20 heavy (non-hydrogen) atoms. The summed E-state index contributed by atoms with van der Waals surface area (Å²) >= 11 is 0. The average molecular weight is 274 g/mol. The third kappa shape index (κ3) is 2.48. The van der Waals surface area contributed by atoms with Crippen molar-refractivity contribution in [2.75, 3.05) is 6.54 Å². The topological polar surface area (TPSA) is 29.3 Å². The van der Waals surface area contributed by atoms with Gasteiger partial charge in [-0.25, -0.2) is 4.39 Å². The van der Waals surface area contributed by atoms with E-state index in [0.29, 0.717) is 0 Å². The van der Waals surface area contributed by atoms with Crippen molar-refractivity contribution in [1.29, 1.82) is 0 Å². The van der Waals surface area contributed by atoms with Gasteiger partial charge in [0.15, 0.2) is 5.76 Å². The molecule has 0 N–H and O–H groups in total. The van der Waals surface area contributed by atoms with Crippen LogP contribution in [-0.2, 0) is 19.4 Å². The van der Waals surface area contributed by atoms with Crippen LogP contribution >= 0.6 is 0 Å². The molecular formula is C16H19FN2O. The predicted octanol–water partition coefficient (Wildman–Crippen LogP) is 3.50. The van der Waals surface area contributed by atoms with E-state index in [-0.39, 0.29) is 11.9 Å². The standard InChI is InChI=1S/C16H19FN2O/c1-3-14-9-15(20-18-14)10-19-7-6-12-4-5-13(17)8-16(12)11(19)2/h4-5,8-9,11H,3,6-7,10H2,1-2H3. The van der Waals surface area contributed by atoms with Crippen molar-refractivity contribution in [3.05, 3.63) is 52.7 Å². The van der Waals surface area contributed by atoms with Crippen molar-refractivity contribution >= 4 is 0 Å². The van der Waals surface area contributed by atoms with Gasteiger partial charge < -0.3 is 4.52 Å². The van der Waals surface area contributed by atoms with Crippen LogP contribution in [0.15, 0.2) is 28.8 Å². The molecule has 0 spiro atoms. The Bertz CT molecular complexity index is 608. The highest BCUT2D eigenvalue weighted by Gasteiger charge is 2.25. The summed E-state index contributed by atoms with van der Waals surface area (Å²) in [6.07, 6.45) is 1.84. The molecule has 1 aromatic carbocycles. The largest absolute Gasteiger partial charge is 0.360 e. The van der Waals surface area contributed by atoms with E-state index in [0.717, 1.165) is 42.9 Å². The SMILES string of the molecule is CCc1cc(CN2CCc3ccc(F)cc3C2C)on1. The molecule has 1 aromatic heterocycles. The van der Waals surface area contributed by atoms with Crippen LogP contribution in [0, 0.1) is 5.82 Å². The summed E-state index contributed by atoms with van der Waals surface area (Å²) in [5.74, 6) is 0.721.